The third-order valence-corrected chi connectivity index (χ3v) is 11.2. The summed E-state index contributed by atoms with van der Waals surface area (Å²) < 4.78 is 40.5. The Morgan fingerprint density at radius 1 is 0.467 bits per heavy atom. The molecular formula is C29H48O15Si. The fourth-order valence-electron chi connectivity index (χ4n) is 2.84. The zero-order valence-electron chi connectivity index (χ0n) is 28.4. The summed E-state index contributed by atoms with van der Waals surface area (Å²) in [6.07, 6.45) is -9.56. The van der Waals surface area contributed by atoms with E-state index in [0.717, 1.165) is 13.8 Å². The van der Waals surface area contributed by atoms with E-state index < -0.39 is 92.8 Å². The maximum atomic E-state index is 12.5. The molecule has 0 aromatic rings. The maximum absolute atomic E-state index is 12.5. The van der Waals surface area contributed by atoms with Crippen molar-refractivity contribution in [3.05, 3.63) is 0 Å². The Balaban J connectivity index is 4.85. The van der Waals surface area contributed by atoms with Crippen LogP contribution in [0.2, 0.25) is 18.1 Å². The zero-order chi connectivity index (χ0) is 35.4. The molecule has 0 aromatic carbocycles. The first-order valence-electron chi connectivity index (χ1n) is 14.5. The van der Waals surface area contributed by atoms with Crippen LogP contribution in [0.3, 0.4) is 0 Å². The van der Waals surface area contributed by atoms with Crippen molar-refractivity contribution in [2.75, 3.05) is 6.61 Å². The number of rotatable bonds is 16. The summed E-state index contributed by atoms with van der Waals surface area (Å²) in [6.45, 7) is 20.3. The second kappa shape index (κ2) is 17.8. The Labute approximate surface area is 265 Å². The van der Waals surface area contributed by atoms with Crippen LogP contribution < -0.4 is 0 Å². The topological polar surface area (TPSA) is 193 Å². The van der Waals surface area contributed by atoms with Gasteiger partial charge in [0.25, 0.3) is 0 Å². The molecule has 0 saturated carbocycles. The van der Waals surface area contributed by atoms with Gasteiger partial charge in [-0.25, -0.2) is 33.6 Å². The molecule has 15 nitrogen and oxygen atoms in total. The van der Waals surface area contributed by atoms with Crippen LogP contribution in [-0.4, -0.2) is 99.4 Å². The Morgan fingerprint density at radius 3 is 0.911 bits per heavy atom. The van der Waals surface area contributed by atoms with Crippen LogP contribution in [0.5, 0.6) is 0 Å². The van der Waals surface area contributed by atoms with Gasteiger partial charge in [0.05, 0.1) is 6.61 Å². The van der Waals surface area contributed by atoms with Crippen molar-refractivity contribution in [1.29, 1.82) is 0 Å². The molecule has 0 aromatic heterocycles. The van der Waals surface area contributed by atoms with Crippen molar-refractivity contribution in [1.82, 2.24) is 0 Å². The van der Waals surface area contributed by atoms with Crippen molar-refractivity contribution in [3.8, 4) is 0 Å². The molecule has 0 saturated heterocycles. The molecule has 258 valence electrons. The lowest BCUT2D eigenvalue weighted by molar-refractivity contribution is -0.188. The molecule has 0 heterocycles. The van der Waals surface area contributed by atoms with Crippen LogP contribution in [0.15, 0.2) is 0 Å². The van der Waals surface area contributed by atoms with Gasteiger partial charge in [-0.15, -0.1) is 0 Å². The van der Waals surface area contributed by atoms with Gasteiger partial charge in [-0.1, -0.05) is 20.8 Å². The van der Waals surface area contributed by atoms with Gasteiger partial charge >= 0.3 is 41.8 Å². The fourth-order valence-corrected chi connectivity index (χ4v) is 4.17. The third kappa shape index (κ3) is 14.0. The van der Waals surface area contributed by atoms with E-state index in [0.29, 0.717) is 0 Å². The predicted octanol–water partition coefficient (Wildman–Crippen LogP) is 2.55. The summed E-state index contributed by atoms with van der Waals surface area (Å²) in [5.74, 6) is -7.02. The van der Waals surface area contributed by atoms with E-state index in [1.807, 2.05) is 33.9 Å². The molecule has 0 amide bonds. The highest BCUT2D eigenvalue weighted by molar-refractivity contribution is 6.74. The summed E-state index contributed by atoms with van der Waals surface area (Å²) >= 11 is 0. The minimum Gasteiger partial charge on any atom is -0.463 e. The van der Waals surface area contributed by atoms with Crippen LogP contribution in [0.1, 0.15) is 76.2 Å². The van der Waals surface area contributed by atoms with E-state index in [1.165, 1.54) is 34.6 Å². The molecule has 45 heavy (non-hydrogen) atoms. The van der Waals surface area contributed by atoms with Crippen molar-refractivity contribution >= 4 is 50.1 Å². The molecule has 0 aliphatic carbocycles. The fraction of sp³-hybridized carbons (Fsp3) is 0.759. The van der Waals surface area contributed by atoms with Crippen LogP contribution in [0.25, 0.3) is 0 Å². The van der Waals surface area contributed by atoms with Crippen LogP contribution in [0, 0.1) is 0 Å². The van der Waals surface area contributed by atoms with Gasteiger partial charge in [0.1, 0.15) is 6.10 Å². The van der Waals surface area contributed by atoms with Crippen LogP contribution >= 0.6 is 0 Å². The van der Waals surface area contributed by atoms with Gasteiger partial charge in [-0.05, 0) is 73.5 Å². The Hall–Kier alpha value is -3.53. The Kier molecular flexibility index (Phi) is 16.4. The molecule has 0 aliphatic rings. The van der Waals surface area contributed by atoms with Gasteiger partial charge in [0.2, 0.25) is 0 Å². The van der Waals surface area contributed by atoms with E-state index >= 15 is 0 Å². The van der Waals surface area contributed by atoms with Crippen molar-refractivity contribution in [2.45, 2.75) is 137 Å². The highest BCUT2D eigenvalue weighted by atomic mass is 28.4. The summed E-state index contributed by atoms with van der Waals surface area (Å²) in [6, 6.07) is 0. The van der Waals surface area contributed by atoms with Crippen molar-refractivity contribution in [2.24, 2.45) is 0 Å². The quantitative estimate of drug-likeness (QED) is 0.133. The second-order valence-corrected chi connectivity index (χ2v) is 16.5. The van der Waals surface area contributed by atoms with E-state index in [-0.39, 0.29) is 11.6 Å². The van der Waals surface area contributed by atoms with Gasteiger partial charge in [0, 0.05) is 0 Å². The van der Waals surface area contributed by atoms with E-state index in [4.69, 9.17) is 37.6 Å². The average Bonchev–Trinajstić information content (AvgIpc) is 2.91. The molecule has 0 N–H and O–H groups in total. The minimum atomic E-state index is -2.29. The number of carbonyl (C=O) groups is 7. The van der Waals surface area contributed by atoms with Gasteiger partial charge in [-0.3, -0.25) is 0 Å². The lowest BCUT2D eigenvalue weighted by Crippen LogP contribution is -2.46. The molecule has 0 radical (unpaired) electrons. The first kappa shape index (κ1) is 41.5. The standard InChI is InChI=1S/C29H48O15Si/c1-14-37-22(30)15(2)38-23(31)16(3)39-24(32)17(4)40-25(33)18(5)41-26(34)19(6)42-27(35)20(7)43-28(36)21(8)44-45(12,13)29(9,10)11/h15-21H,14H2,1-13H3/t15-,16-,17-,18-,19-,20-,21-/m0/s1. The molecule has 0 spiro atoms. The summed E-state index contributed by atoms with van der Waals surface area (Å²) in [5.41, 5.74) is 0. The summed E-state index contributed by atoms with van der Waals surface area (Å²) in [7, 11) is -2.29. The SMILES string of the molecule is CCOC(=O)[C@H](C)OC(=O)[C@H](C)OC(=O)[C@H](C)OC(=O)[C@H](C)OC(=O)[C@H](C)OC(=O)[C@H](C)OC(=O)[C@H](C)O[Si](C)(C)C(C)(C)C. The molecular weight excluding hydrogens is 616 g/mol. The molecule has 0 rings (SSSR count). The molecule has 7 atom stereocenters. The number of ether oxygens (including phenoxy) is 7. The summed E-state index contributed by atoms with van der Waals surface area (Å²) in [4.78, 5) is 85.6. The number of esters is 7. The van der Waals surface area contributed by atoms with Crippen molar-refractivity contribution in [3.63, 3.8) is 0 Å². The Morgan fingerprint density at radius 2 is 0.689 bits per heavy atom. The lowest BCUT2D eigenvalue weighted by atomic mass is 10.2. The number of hydrogen-bond acceptors (Lipinski definition) is 15. The smallest absolute Gasteiger partial charge is 0.347 e. The maximum Gasteiger partial charge on any atom is 0.347 e. The molecule has 0 fully saturated rings. The largest absolute Gasteiger partial charge is 0.463 e. The van der Waals surface area contributed by atoms with E-state index in [9.17, 15) is 33.6 Å². The molecule has 0 bridgehead atoms. The van der Waals surface area contributed by atoms with Gasteiger partial charge in [-0.2, -0.15) is 0 Å². The van der Waals surface area contributed by atoms with E-state index in [1.54, 1.807) is 6.92 Å². The number of hydrogen-bond donors (Lipinski definition) is 0. The van der Waals surface area contributed by atoms with Gasteiger partial charge in [0.15, 0.2) is 44.9 Å². The molecule has 16 heteroatoms. The highest BCUT2D eigenvalue weighted by Gasteiger charge is 2.40. The van der Waals surface area contributed by atoms with Crippen LogP contribution in [-0.2, 0) is 71.1 Å². The predicted molar refractivity (Wildman–Crippen MR) is 158 cm³/mol. The van der Waals surface area contributed by atoms with Crippen molar-refractivity contribution < 1.29 is 71.1 Å². The lowest BCUT2D eigenvalue weighted by Gasteiger charge is -2.37. The third-order valence-electron chi connectivity index (χ3n) is 6.65. The van der Waals surface area contributed by atoms with Gasteiger partial charge < -0.3 is 37.6 Å². The molecule has 0 unspecified atom stereocenters. The second-order valence-electron chi connectivity index (χ2n) is 11.7. The summed E-state index contributed by atoms with van der Waals surface area (Å²) in [5, 5.41) is -0.159. The first-order valence-corrected chi connectivity index (χ1v) is 17.4. The van der Waals surface area contributed by atoms with Crippen LogP contribution in [0.4, 0.5) is 0 Å². The first-order chi connectivity index (χ1) is 20.4. The Bertz CT molecular complexity index is 1080. The zero-order valence-corrected chi connectivity index (χ0v) is 29.4. The minimum absolute atomic E-state index is 0.0792. The molecule has 0 aliphatic heterocycles. The highest BCUT2D eigenvalue weighted by Crippen LogP contribution is 2.37. The van der Waals surface area contributed by atoms with E-state index in [2.05, 4.69) is 0 Å². The number of carbonyl (C=O) groups excluding carboxylic acids is 7. The average molecular weight is 665 g/mol. The monoisotopic (exact) mass is 664 g/mol. The normalized spacial score (nSPS) is 16.3.